The summed E-state index contributed by atoms with van der Waals surface area (Å²) in [6.45, 7) is 1.93. The van der Waals surface area contributed by atoms with Crippen LogP contribution in [0.4, 0.5) is 4.39 Å². The van der Waals surface area contributed by atoms with Crippen LogP contribution < -0.4 is 4.74 Å². The smallest absolute Gasteiger partial charge is 0.170 e. The third-order valence-electron chi connectivity index (χ3n) is 3.06. The quantitative estimate of drug-likeness (QED) is 0.776. The van der Waals surface area contributed by atoms with Crippen molar-refractivity contribution >= 4 is 21.7 Å². The molecule has 2 nitrogen and oxygen atoms in total. The van der Waals surface area contributed by atoms with E-state index in [1.165, 1.54) is 19.2 Å². The van der Waals surface area contributed by atoms with Gasteiger partial charge >= 0.3 is 0 Å². The summed E-state index contributed by atoms with van der Waals surface area (Å²) in [7, 11) is 1.54. The van der Waals surface area contributed by atoms with Crippen molar-refractivity contribution in [3.05, 3.63) is 63.4 Å². The van der Waals surface area contributed by atoms with Crippen molar-refractivity contribution < 1.29 is 13.9 Å². The Hall–Kier alpha value is -1.68. The molecule has 2 aromatic carbocycles. The highest BCUT2D eigenvalue weighted by Gasteiger charge is 2.15. The molecule has 0 atom stereocenters. The lowest BCUT2D eigenvalue weighted by atomic mass is 10.0. The molecule has 0 aliphatic carbocycles. The number of hydrogen-bond donors (Lipinski definition) is 0. The number of aryl methyl sites for hydroxylation is 1. The van der Waals surface area contributed by atoms with Crippen LogP contribution in [0.15, 0.2) is 40.9 Å². The number of carbonyl (C=O) groups is 1. The van der Waals surface area contributed by atoms with E-state index in [0.29, 0.717) is 11.3 Å². The van der Waals surface area contributed by atoms with Gasteiger partial charge in [0.15, 0.2) is 5.78 Å². The van der Waals surface area contributed by atoms with Gasteiger partial charge in [-0.3, -0.25) is 4.79 Å². The summed E-state index contributed by atoms with van der Waals surface area (Å²) in [5, 5.41) is 0. The summed E-state index contributed by atoms with van der Waals surface area (Å²) in [4.78, 5) is 12.3. The van der Waals surface area contributed by atoms with E-state index in [1.807, 2.05) is 13.0 Å². The van der Waals surface area contributed by atoms with E-state index in [4.69, 9.17) is 4.74 Å². The molecule has 0 heterocycles. The molecular weight excluding hydrogens is 323 g/mol. The molecule has 0 aliphatic heterocycles. The van der Waals surface area contributed by atoms with E-state index in [-0.39, 0.29) is 18.0 Å². The van der Waals surface area contributed by atoms with Gasteiger partial charge in [-0.2, -0.15) is 0 Å². The van der Waals surface area contributed by atoms with E-state index >= 15 is 0 Å². The van der Waals surface area contributed by atoms with Gasteiger partial charge in [-0.15, -0.1) is 0 Å². The number of ether oxygens (including phenoxy) is 1. The first-order valence-electron chi connectivity index (χ1n) is 6.13. The number of carbonyl (C=O) groups excluding carboxylic acids is 1. The van der Waals surface area contributed by atoms with Crippen molar-refractivity contribution in [1.29, 1.82) is 0 Å². The highest BCUT2D eigenvalue weighted by molar-refractivity contribution is 9.10. The molecule has 0 N–H and O–H groups in total. The second-order valence-electron chi connectivity index (χ2n) is 4.53. The Bertz CT molecular complexity index is 636. The number of ketones is 1. The SMILES string of the molecule is COc1cc(C)c(Br)cc1C(=O)Cc1ccc(F)cc1. The molecule has 0 fully saturated rings. The van der Waals surface area contributed by atoms with Gasteiger partial charge in [0.1, 0.15) is 11.6 Å². The lowest BCUT2D eigenvalue weighted by Crippen LogP contribution is -2.06. The molecule has 2 rings (SSSR count). The Labute approximate surface area is 125 Å². The molecule has 0 aliphatic rings. The number of hydrogen-bond acceptors (Lipinski definition) is 2. The van der Waals surface area contributed by atoms with E-state index in [0.717, 1.165) is 15.6 Å². The van der Waals surface area contributed by atoms with Gasteiger partial charge in [-0.25, -0.2) is 4.39 Å². The highest BCUT2D eigenvalue weighted by atomic mass is 79.9. The van der Waals surface area contributed by atoms with Crippen LogP contribution in [-0.2, 0) is 6.42 Å². The van der Waals surface area contributed by atoms with Gasteiger partial charge in [0.25, 0.3) is 0 Å². The van der Waals surface area contributed by atoms with Crippen molar-refractivity contribution in [1.82, 2.24) is 0 Å². The van der Waals surface area contributed by atoms with E-state index in [1.54, 1.807) is 18.2 Å². The lowest BCUT2D eigenvalue weighted by Gasteiger charge is -2.10. The zero-order chi connectivity index (χ0) is 14.7. The maximum atomic E-state index is 12.9. The number of rotatable bonds is 4. The fourth-order valence-electron chi connectivity index (χ4n) is 1.92. The van der Waals surface area contributed by atoms with Crippen molar-refractivity contribution in [2.24, 2.45) is 0 Å². The first-order valence-corrected chi connectivity index (χ1v) is 6.92. The van der Waals surface area contributed by atoms with Gasteiger partial charge in [0.2, 0.25) is 0 Å². The first-order chi connectivity index (χ1) is 9.51. The minimum absolute atomic E-state index is 0.0610. The molecule has 0 bridgehead atoms. The Kier molecular flexibility index (Phi) is 4.55. The third-order valence-corrected chi connectivity index (χ3v) is 3.91. The van der Waals surface area contributed by atoms with Crippen LogP contribution in [0, 0.1) is 12.7 Å². The second kappa shape index (κ2) is 6.18. The van der Waals surface area contributed by atoms with Crippen molar-refractivity contribution in [3.63, 3.8) is 0 Å². The Morgan fingerprint density at radius 3 is 2.50 bits per heavy atom. The van der Waals surface area contributed by atoms with Gasteiger partial charge in [-0.05, 0) is 42.3 Å². The fraction of sp³-hybridized carbons (Fsp3) is 0.188. The zero-order valence-corrected chi connectivity index (χ0v) is 12.8. The highest BCUT2D eigenvalue weighted by Crippen LogP contribution is 2.28. The Morgan fingerprint density at radius 2 is 1.90 bits per heavy atom. The van der Waals surface area contributed by atoms with Gasteiger partial charge in [0.05, 0.1) is 12.7 Å². The van der Waals surface area contributed by atoms with Gasteiger partial charge < -0.3 is 4.74 Å². The zero-order valence-electron chi connectivity index (χ0n) is 11.2. The molecule has 0 saturated carbocycles. The molecule has 104 valence electrons. The van der Waals surface area contributed by atoms with Crippen molar-refractivity contribution in [3.8, 4) is 5.75 Å². The van der Waals surface area contributed by atoms with E-state index < -0.39 is 0 Å². The normalized spacial score (nSPS) is 10.4. The van der Waals surface area contributed by atoms with Crippen LogP contribution in [0.2, 0.25) is 0 Å². The number of benzene rings is 2. The Balaban J connectivity index is 2.29. The first kappa shape index (κ1) is 14.7. The molecule has 4 heteroatoms. The van der Waals surface area contributed by atoms with Gasteiger partial charge in [-0.1, -0.05) is 28.1 Å². The topological polar surface area (TPSA) is 26.3 Å². The van der Waals surface area contributed by atoms with Crippen molar-refractivity contribution in [2.45, 2.75) is 13.3 Å². The lowest BCUT2D eigenvalue weighted by molar-refractivity contribution is 0.0990. The van der Waals surface area contributed by atoms with Crippen LogP contribution in [0.5, 0.6) is 5.75 Å². The summed E-state index contributed by atoms with van der Waals surface area (Å²) < 4.78 is 19.0. The molecule has 0 saturated heterocycles. The molecule has 0 unspecified atom stereocenters. The minimum atomic E-state index is -0.308. The molecule has 0 amide bonds. The molecular formula is C16H14BrFO2. The summed E-state index contributed by atoms with van der Waals surface area (Å²) in [5.41, 5.74) is 2.30. The third kappa shape index (κ3) is 3.25. The van der Waals surface area contributed by atoms with Crippen LogP contribution >= 0.6 is 15.9 Å². The van der Waals surface area contributed by atoms with Crippen molar-refractivity contribution in [2.75, 3.05) is 7.11 Å². The van der Waals surface area contributed by atoms with Gasteiger partial charge in [0, 0.05) is 10.9 Å². The van der Waals surface area contributed by atoms with E-state index in [2.05, 4.69) is 15.9 Å². The summed E-state index contributed by atoms with van der Waals surface area (Å²) in [5.74, 6) is 0.184. The second-order valence-corrected chi connectivity index (χ2v) is 5.38. The Morgan fingerprint density at radius 1 is 1.25 bits per heavy atom. The van der Waals surface area contributed by atoms with Crippen LogP contribution in [-0.4, -0.2) is 12.9 Å². The average Bonchev–Trinajstić information content (AvgIpc) is 2.43. The molecule has 0 radical (unpaired) electrons. The van der Waals surface area contributed by atoms with Crippen LogP contribution in [0.25, 0.3) is 0 Å². The fourth-order valence-corrected chi connectivity index (χ4v) is 2.27. The molecule has 0 spiro atoms. The summed E-state index contributed by atoms with van der Waals surface area (Å²) >= 11 is 3.42. The predicted molar refractivity (Wildman–Crippen MR) is 79.9 cm³/mol. The minimum Gasteiger partial charge on any atom is -0.496 e. The predicted octanol–water partition coefficient (Wildman–Crippen LogP) is 4.33. The monoisotopic (exact) mass is 336 g/mol. The summed E-state index contributed by atoms with van der Waals surface area (Å²) in [6, 6.07) is 9.52. The average molecular weight is 337 g/mol. The van der Waals surface area contributed by atoms with Crippen LogP contribution in [0.3, 0.4) is 0 Å². The number of halogens is 2. The molecule has 20 heavy (non-hydrogen) atoms. The maximum absolute atomic E-state index is 12.9. The molecule has 0 aromatic heterocycles. The maximum Gasteiger partial charge on any atom is 0.170 e. The molecule has 2 aromatic rings. The van der Waals surface area contributed by atoms with E-state index in [9.17, 15) is 9.18 Å². The number of methoxy groups -OCH3 is 1. The number of Topliss-reactive ketones (excluding diaryl/α,β-unsaturated/α-hetero) is 1. The summed E-state index contributed by atoms with van der Waals surface area (Å²) in [6.07, 6.45) is 0.214. The standard InChI is InChI=1S/C16H14BrFO2/c1-10-7-16(20-2)13(9-14(10)17)15(19)8-11-3-5-12(18)6-4-11/h3-7,9H,8H2,1-2H3. The largest absolute Gasteiger partial charge is 0.496 e. The van der Waals surface area contributed by atoms with Crippen LogP contribution in [0.1, 0.15) is 21.5 Å².